The van der Waals surface area contributed by atoms with Gasteiger partial charge in [-0.25, -0.2) is 9.98 Å². The van der Waals surface area contributed by atoms with Crippen molar-refractivity contribution in [2.75, 3.05) is 27.7 Å². The Morgan fingerprint density at radius 2 is 2.04 bits per heavy atom. The monoisotopic (exact) mass is 482 g/mol. The smallest absolute Gasteiger partial charge is 0.243 e. The van der Waals surface area contributed by atoms with Gasteiger partial charge in [0, 0.05) is 34.2 Å². The number of likely N-dealkylation sites (N-methyl/N-ethyl adjacent to an activating group) is 1. The number of aliphatic imine (C=N–C) groups is 1. The van der Waals surface area contributed by atoms with Gasteiger partial charge in [0.05, 0.1) is 12.7 Å². The molecular weight excluding hydrogens is 455 g/mol. The van der Waals surface area contributed by atoms with Crippen LogP contribution in [0.4, 0.5) is 0 Å². The number of hydrogen-bond acceptors (Lipinski definition) is 3. The van der Waals surface area contributed by atoms with Gasteiger partial charge >= 0.3 is 0 Å². The van der Waals surface area contributed by atoms with Crippen LogP contribution in [0.25, 0.3) is 0 Å². The van der Waals surface area contributed by atoms with E-state index in [1.54, 1.807) is 25.2 Å². The van der Waals surface area contributed by atoms with Gasteiger partial charge in [0.15, 0.2) is 5.96 Å². The van der Waals surface area contributed by atoms with Gasteiger partial charge in [-0.3, -0.25) is 4.79 Å². The zero-order valence-electron chi connectivity index (χ0n) is 15.3. The van der Waals surface area contributed by atoms with Gasteiger partial charge in [-0.15, -0.1) is 24.0 Å². The molecule has 1 aromatic heterocycles. The summed E-state index contributed by atoms with van der Waals surface area (Å²) in [4.78, 5) is 24.2. The predicted octanol–water partition coefficient (Wildman–Crippen LogP) is 2.10. The van der Waals surface area contributed by atoms with Crippen LogP contribution >= 0.6 is 35.6 Å². The average molecular weight is 483 g/mol. The van der Waals surface area contributed by atoms with E-state index in [-0.39, 0.29) is 36.4 Å². The Hall–Kier alpha value is -1.03. The van der Waals surface area contributed by atoms with E-state index in [1.807, 2.05) is 23.6 Å². The Labute approximate surface area is 171 Å². The number of guanidine groups is 1. The molecule has 1 aliphatic carbocycles. The molecule has 0 saturated heterocycles. The Morgan fingerprint density at radius 3 is 2.56 bits per heavy atom. The van der Waals surface area contributed by atoms with Crippen LogP contribution in [0.2, 0.25) is 5.15 Å². The van der Waals surface area contributed by atoms with E-state index >= 15 is 0 Å². The molecule has 9 heteroatoms. The van der Waals surface area contributed by atoms with Crippen LogP contribution in [-0.2, 0) is 18.4 Å². The van der Waals surface area contributed by atoms with Crippen LogP contribution in [-0.4, -0.2) is 64.9 Å². The minimum atomic E-state index is -0.0193. The number of nitrogens with zero attached hydrogens (tertiary/aromatic N) is 5. The normalized spacial score (nSPS) is 15.0. The molecule has 7 nitrogen and oxygen atoms in total. The third kappa shape index (κ3) is 6.32. The van der Waals surface area contributed by atoms with Crippen LogP contribution in [0.5, 0.6) is 0 Å². The molecule has 1 N–H and O–H groups in total. The SMILES string of the molecule is CN(C)C(=O)CN=C(NC1CCCC1)N(C)Cc1ncc(Cl)n1C.I. The fourth-order valence-corrected chi connectivity index (χ4v) is 2.82. The standard InChI is InChI=1S/C16H27ClN6O.HI/c1-21(2)15(24)10-19-16(20-12-7-5-6-8-12)22(3)11-14-18-9-13(17)23(14)4;/h9,12H,5-8,10-11H2,1-4H3,(H,19,20);1H. The average Bonchev–Trinajstić information content (AvgIpc) is 3.16. The second kappa shape index (κ2) is 10.2. The Bertz CT molecular complexity index is 597. The van der Waals surface area contributed by atoms with Crippen LogP contribution in [0.1, 0.15) is 31.5 Å². The van der Waals surface area contributed by atoms with Gasteiger partial charge < -0.3 is 19.7 Å². The number of amides is 1. The van der Waals surface area contributed by atoms with Crippen LogP contribution in [0.15, 0.2) is 11.2 Å². The van der Waals surface area contributed by atoms with Gasteiger partial charge in [0.25, 0.3) is 0 Å². The zero-order valence-corrected chi connectivity index (χ0v) is 18.4. The molecule has 0 aliphatic heterocycles. The lowest BCUT2D eigenvalue weighted by Crippen LogP contribution is -2.44. The fraction of sp³-hybridized carbons (Fsp3) is 0.688. The Morgan fingerprint density at radius 1 is 1.40 bits per heavy atom. The summed E-state index contributed by atoms with van der Waals surface area (Å²) in [5.41, 5.74) is 0. The van der Waals surface area contributed by atoms with Crippen LogP contribution in [0, 0.1) is 0 Å². The molecule has 1 aromatic rings. The van der Waals surface area contributed by atoms with Gasteiger partial charge in [-0.05, 0) is 12.8 Å². The molecule has 142 valence electrons. The molecule has 1 saturated carbocycles. The number of hydrogen-bond donors (Lipinski definition) is 1. The number of aromatic nitrogens is 2. The largest absolute Gasteiger partial charge is 0.353 e. The lowest BCUT2D eigenvalue weighted by atomic mass is 10.2. The van der Waals surface area contributed by atoms with Crippen molar-refractivity contribution < 1.29 is 4.79 Å². The van der Waals surface area contributed by atoms with Crippen LogP contribution < -0.4 is 5.32 Å². The second-order valence-corrected chi connectivity index (χ2v) is 6.85. The minimum absolute atomic E-state index is 0. The first-order valence-electron chi connectivity index (χ1n) is 8.27. The van der Waals surface area contributed by atoms with Crippen LogP contribution in [0.3, 0.4) is 0 Å². The molecule has 1 amide bonds. The fourth-order valence-electron chi connectivity index (χ4n) is 2.67. The lowest BCUT2D eigenvalue weighted by Gasteiger charge is -2.25. The van der Waals surface area contributed by atoms with E-state index in [9.17, 15) is 4.79 Å². The van der Waals surface area contributed by atoms with Crippen molar-refractivity contribution in [3.8, 4) is 0 Å². The molecule has 0 radical (unpaired) electrons. The number of nitrogens with one attached hydrogen (secondary N) is 1. The highest BCUT2D eigenvalue weighted by Gasteiger charge is 2.19. The first kappa shape index (κ1) is 22.0. The summed E-state index contributed by atoms with van der Waals surface area (Å²) in [5, 5.41) is 4.09. The summed E-state index contributed by atoms with van der Waals surface area (Å²) in [6.07, 6.45) is 6.40. The Kier molecular flexibility index (Phi) is 8.98. The van der Waals surface area contributed by atoms with Gasteiger partial charge in [0.1, 0.15) is 17.5 Å². The molecule has 0 unspecified atom stereocenters. The molecule has 1 aliphatic rings. The molecule has 1 fully saturated rings. The highest BCUT2D eigenvalue weighted by atomic mass is 127. The van der Waals surface area contributed by atoms with Gasteiger partial charge in [0.2, 0.25) is 5.91 Å². The van der Waals surface area contributed by atoms with E-state index in [1.165, 1.54) is 12.8 Å². The third-order valence-electron chi connectivity index (χ3n) is 4.32. The summed E-state index contributed by atoms with van der Waals surface area (Å²) in [6.45, 7) is 0.700. The number of imidazole rings is 1. The van der Waals surface area contributed by atoms with Crippen molar-refractivity contribution in [3.05, 3.63) is 17.2 Å². The number of carbonyl (C=O) groups is 1. The van der Waals surface area contributed by atoms with Gasteiger partial charge in [-0.1, -0.05) is 24.4 Å². The number of halogens is 2. The molecule has 0 atom stereocenters. The molecule has 2 rings (SSSR count). The molecule has 1 heterocycles. The van der Waals surface area contributed by atoms with Crippen molar-refractivity contribution in [1.82, 2.24) is 24.7 Å². The van der Waals surface area contributed by atoms with E-state index < -0.39 is 0 Å². The highest BCUT2D eigenvalue weighted by molar-refractivity contribution is 14.0. The van der Waals surface area contributed by atoms with E-state index in [2.05, 4.69) is 15.3 Å². The van der Waals surface area contributed by atoms with Crippen molar-refractivity contribution in [2.24, 2.45) is 12.0 Å². The maximum Gasteiger partial charge on any atom is 0.243 e. The molecule has 25 heavy (non-hydrogen) atoms. The van der Waals surface area contributed by atoms with Crippen molar-refractivity contribution in [3.63, 3.8) is 0 Å². The zero-order chi connectivity index (χ0) is 17.7. The number of carbonyl (C=O) groups excluding carboxylic acids is 1. The summed E-state index contributed by atoms with van der Waals surface area (Å²) in [6, 6.07) is 0.422. The summed E-state index contributed by atoms with van der Waals surface area (Å²) in [7, 11) is 7.31. The summed E-state index contributed by atoms with van der Waals surface area (Å²) in [5.74, 6) is 1.56. The quantitative estimate of drug-likeness (QED) is 0.397. The van der Waals surface area contributed by atoms with E-state index in [4.69, 9.17) is 11.6 Å². The third-order valence-corrected chi connectivity index (χ3v) is 4.67. The first-order chi connectivity index (χ1) is 11.4. The van der Waals surface area contributed by atoms with E-state index in [0.717, 1.165) is 24.6 Å². The maximum atomic E-state index is 11.9. The molecule has 0 bridgehead atoms. The Balaban J connectivity index is 0.00000312. The minimum Gasteiger partial charge on any atom is -0.353 e. The molecular formula is C16H28ClIN6O. The van der Waals surface area contributed by atoms with Crippen molar-refractivity contribution >= 4 is 47.4 Å². The van der Waals surface area contributed by atoms with Gasteiger partial charge in [-0.2, -0.15) is 0 Å². The summed E-state index contributed by atoms with van der Waals surface area (Å²) >= 11 is 6.05. The highest BCUT2D eigenvalue weighted by Crippen LogP contribution is 2.18. The molecule has 0 spiro atoms. The van der Waals surface area contributed by atoms with Crippen molar-refractivity contribution in [2.45, 2.75) is 38.3 Å². The number of rotatable bonds is 5. The summed E-state index contributed by atoms with van der Waals surface area (Å²) < 4.78 is 1.84. The van der Waals surface area contributed by atoms with E-state index in [0.29, 0.717) is 17.7 Å². The van der Waals surface area contributed by atoms with Crippen molar-refractivity contribution in [1.29, 1.82) is 0 Å². The topological polar surface area (TPSA) is 65.8 Å². The second-order valence-electron chi connectivity index (χ2n) is 6.47. The lowest BCUT2D eigenvalue weighted by molar-refractivity contribution is -0.127. The maximum absolute atomic E-state index is 11.9. The molecule has 0 aromatic carbocycles. The predicted molar refractivity (Wildman–Crippen MR) is 111 cm³/mol. The first-order valence-corrected chi connectivity index (χ1v) is 8.64.